The molecule has 0 fully saturated rings. The molecular formula is C15H14BrNO4. The number of aliphatic carboxylic acids is 1. The molecule has 0 saturated carbocycles. The van der Waals surface area contributed by atoms with E-state index in [1.54, 1.807) is 0 Å². The number of hydrogen-bond donors (Lipinski definition) is 2. The van der Waals surface area contributed by atoms with Gasteiger partial charge in [0.2, 0.25) is 0 Å². The molecule has 1 heterocycles. The normalized spacial score (nSPS) is 10.3. The molecule has 0 saturated heterocycles. The molecule has 0 unspecified atom stereocenters. The number of carboxylic acids is 1. The quantitative estimate of drug-likeness (QED) is 0.838. The molecule has 0 amide bonds. The Bertz CT molecular complexity index is 682. The highest BCUT2D eigenvalue weighted by atomic mass is 79.9. The van der Waals surface area contributed by atoms with E-state index in [1.165, 1.54) is 6.20 Å². The van der Waals surface area contributed by atoms with Crippen LogP contribution in [0.15, 0.2) is 45.8 Å². The Labute approximate surface area is 129 Å². The Hall–Kier alpha value is -2.08. The number of benzene rings is 1. The summed E-state index contributed by atoms with van der Waals surface area (Å²) in [5.74, 6) is -0.504. The van der Waals surface area contributed by atoms with Crippen LogP contribution in [0.4, 0.5) is 0 Å². The first-order valence-corrected chi connectivity index (χ1v) is 7.16. The van der Waals surface area contributed by atoms with E-state index >= 15 is 0 Å². The molecule has 0 radical (unpaired) electrons. The van der Waals surface area contributed by atoms with Crippen molar-refractivity contribution in [2.24, 2.45) is 0 Å². The number of aromatic amines is 1. The molecule has 2 N–H and O–H groups in total. The molecule has 0 atom stereocenters. The minimum absolute atomic E-state index is 0.0276. The summed E-state index contributed by atoms with van der Waals surface area (Å²) in [4.78, 5) is 24.9. The van der Waals surface area contributed by atoms with Gasteiger partial charge in [-0.3, -0.25) is 9.59 Å². The lowest BCUT2D eigenvalue weighted by atomic mass is 10.1. The SMILES string of the molecule is O=C(O)CCc1c[nH]c(=O)c(Br)c1OCc1ccccc1. The van der Waals surface area contributed by atoms with E-state index in [0.717, 1.165) is 5.56 Å². The lowest BCUT2D eigenvalue weighted by Crippen LogP contribution is -2.12. The highest BCUT2D eigenvalue weighted by Gasteiger charge is 2.13. The molecular weight excluding hydrogens is 338 g/mol. The van der Waals surface area contributed by atoms with Crippen LogP contribution in [0, 0.1) is 0 Å². The van der Waals surface area contributed by atoms with Crippen molar-refractivity contribution in [1.82, 2.24) is 4.98 Å². The van der Waals surface area contributed by atoms with Crippen LogP contribution in [0.2, 0.25) is 0 Å². The second kappa shape index (κ2) is 7.08. The maximum Gasteiger partial charge on any atom is 0.303 e. The van der Waals surface area contributed by atoms with Gasteiger partial charge in [-0.25, -0.2) is 0 Å². The van der Waals surface area contributed by atoms with E-state index in [0.29, 0.717) is 17.9 Å². The standard InChI is InChI=1S/C15H14BrNO4/c16-13-14(21-9-10-4-2-1-3-5-10)11(6-7-12(18)19)8-17-15(13)20/h1-5,8H,6-7,9H2,(H,17,20)(H,18,19). The van der Waals surface area contributed by atoms with Crippen LogP contribution in [0.3, 0.4) is 0 Å². The number of hydrogen-bond acceptors (Lipinski definition) is 3. The molecule has 1 aromatic heterocycles. The van der Waals surface area contributed by atoms with Crippen molar-refractivity contribution >= 4 is 21.9 Å². The van der Waals surface area contributed by atoms with Gasteiger partial charge < -0.3 is 14.8 Å². The van der Waals surface area contributed by atoms with Crippen molar-refractivity contribution in [3.63, 3.8) is 0 Å². The van der Waals surface area contributed by atoms with Crippen molar-refractivity contribution in [2.45, 2.75) is 19.4 Å². The molecule has 2 rings (SSSR count). The zero-order valence-corrected chi connectivity index (χ0v) is 12.7. The number of pyridine rings is 1. The molecule has 0 aliphatic rings. The predicted molar refractivity (Wildman–Crippen MR) is 81.5 cm³/mol. The summed E-state index contributed by atoms with van der Waals surface area (Å²) in [7, 11) is 0. The molecule has 0 aliphatic heterocycles. The second-order valence-corrected chi connectivity index (χ2v) is 5.25. The highest BCUT2D eigenvalue weighted by molar-refractivity contribution is 9.10. The Morgan fingerprint density at radius 3 is 2.67 bits per heavy atom. The van der Waals surface area contributed by atoms with Gasteiger partial charge in [0.15, 0.2) is 0 Å². The Morgan fingerprint density at radius 1 is 1.29 bits per heavy atom. The van der Waals surface area contributed by atoms with E-state index in [-0.39, 0.29) is 22.9 Å². The number of H-pyrrole nitrogens is 1. The molecule has 6 heteroatoms. The van der Waals surface area contributed by atoms with E-state index < -0.39 is 5.97 Å². The fourth-order valence-corrected chi connectivity index (χ4v) is 2.32. The largest absolute Gasteiger partial charge is 0.487 e. The van der Waals surface area contributed by atoms with Gasteiger partial charge in [-0.1, -0.05) is 30.3 Å². The topological polar surface area (TPSA) is 79.4 Å². The zero-order valence-electron chi connectivity index (χ0n) is 11.1. The molecule has 0 spiro atoms. The first-order valence-electron chi connectivity index (χ1n) is 6.36. The average Bonchev–Trinajstić information content (AvgIpc) is 2.48. The van der Waals surface area contributed by atoms with E-state index in [2.05, 4.69) is 20.9 Å². The monoisotopic (exact) mass is 351 g/mol. The minimum atomic E-state index is -0.897. The summed E-state index contributed by atoms with van der Waals surface area (Å²) < 4.78 is 5.99. The Balaban J connectivity index is 2.21. The first kappa shape index (κ1) is 15.3. The highest BCUT2D eigenvalue weighted by Crippen LogP contribution is 2.27. The third-order valence-corrected chi connectivity index (χ3v) is 3.62. The van der Waals surface area contributed by atoms with Crippen LogP contribution in [0.1, 0.15) is 17.5 Å². The number of nitrogens with one attached hydrogen (secondary N) is 1. The van der Waals surface area contributed by atoms with Gasteiger partial charge in [-0.15, -0.1) is 0 Å². The number of ether oxygens (including phenoxy) is 1. The molecule has 5 nitrogen and oxygen atoms in total. The lowest BCUT2D eigenvalue weighted by molar-refractivity contribution is -0.136. The number of aromatic nitrogens is 1. The molecule has 2 aromatic rings. The van der Waals surface area contributed by atoms with Crippen LogP contribution in [-0.4, -0.2) is 16.1 Å². The molecule has 110 valence electrons. The van der Waals surface area contributed by atoms with Gasteiger partial charge in [-0.2, -0.15) is 0 Å². The average molecular weight is 352 g/mol. The number of rotatable bonds is 6. The van der Waals surface area contributed by atoms with Gasteiger partial charge in [0.25, 0.3) is 5.56 Å². The summed E-state index contributed by atoms with van der Waals surface area (Å²) >= 11 is 3.20. The summed E-state index contributed by atoms with van der Waals surface area (Å²) in [6.07, 6.45) is 1.76. The summed E-state index contributed by atoms with van der Waals surface area (Å²) in [6.45, 7) is 0.308. The van der Waals surface area contributed by atoms with Crippen LogP contribution < -0.4 is 10.3 Å². The first-order chi connectivity index (χ1) is 10.1. The fraction of sp³-hybridized carbons (Fsp3) is 0.200. The van der Waals surface area contributed by atoms with Gasteiger partial charge in [0.05, 0.1) is 0 Å². The zero-order chi connectivity index (χ0) is 15.2. The van der Waals surface area contributed by atoms with Crippen molar-refractivity contribution in [2.75, 3.05) is 0 Å². The van der Waals surface area contributed by atoms with Crippen LogP contribution >= 0.6 is 15.9 Å². The summed E-state index contributed by atoms with van der Waals surface area (Å²) in [5.41, 5.74) is 1.31. The van der Waals surface area contributed by atoms with Crippen LogP contribution in [-0.2, 0) is 17.8 Å². The number of carbonyl (C=O) groups is 1. The maximum absolute atomic E-state index is 11.6. The van der Waals surface area contributed by atoms with Gasteiger partial charge in [0, 0.05) is 18.2 Å². The summed E-state index contributed by atoms with van der Waals surface area (Å²) in [5, 5.41) is 8.77. The van der Waals surface area contributed by atoms with Crippen molar-refractivity contribution < 1.29 is 14.6 Å². The summed E-state index contributed by atoms with van der Waals surface area (Å²) in [6, 6.07) is 9.54. The number of carboxylic acid groups (broad SMARTS) is 1. The van der Waals surface area contributed by atoms with Gasteiger partial charge >= 0.3 is 5.97 Å². The maximum atomic E-state index is 11.6. The fourth-order valence-electron chi connectivity index (χ4n) is 1.84. The van der Waals surface area contributed by atoms with E-state index in [1.807, 2.05) is 30.3 Å². The van der Waals surface area contributed by atoms with E-state index in [4.69, 9.17) is 9.84 Å². The van der Waals surface area contributed by atoms with Crippen molar-refractivity contribution in [1.29, 1.82) is 0 Å². The molecule has 1 aromatic carbocycles. The van der Waals surface area contributed by atoms with Crippen LogP contribution in [0.5, 0.6) is 5.75 Å². The second-order valence-electron chi connectivity index (χ2n) is 4.45. The third kappa shape index (κ3) is 4.19. The molecule has 0 aliphatic carbocycles. The number of aryl methyl sites for hydroxylation is 1. The Morgan fingerprint density at radius 2 is 2.00 bits per heavy atom. The van der Waals surface area contributed by atoms with Gasteiger partial charge in [0.1, 0.15) is 16.8 Å². The third-order valence-electron chi connectivity index (χ3n) is 2.90. The van der Waals surface area contributed by atoms with Crippen molar-refractivity contribution in [3.8, 4) is 5.75 Å². The molecule has 21 heavy (non-hydrogen) atoms. The van der Waals surface area contributed by atoms with Crippen LogP contribution in [0.25, 0.3) is 0 Å². The lowest BCUT2D eigenvalue weighted by Gasteiger charge is -2.12. The smallest absolute Gasteiger partial charge is 0.303 e. The van der Waals surface area contributed by atoms with Gasteiger partial charge in [-0.05, 0) is 27.9 Å². The number of halogens is 1. The van der Waals surface area contributed by atoms with E-state index in [9.17, 15) is 9.59 Å². The Kier molecular flexibility index (Phi) is 5.16. The minimum Gasteiger partial charge on any atom is -0.487 e. The predicted octanol–water partition coefficient (Wildman–Crippen LogP) is 2.73. The molecule has 0 bridgehead atoms. The van der Waals surface area contributed by atoms with Crippen molar-refractivity contribution in [3.05, 3.63) is 62.5 Å².